The van der Waals surface area contributed by atoms with Gasteiger partial charge in [-0.05, 0) is 42.5 Å². The molecule has 144 valence electrons. The summed E-state index contributed by atoms with van der Waals surface area (Å²) >= 11 is 0. The van der Waals surface area contributed by atoms with Crippen molar-refractivity contribution in [1.29, 1.82) is 0 Å². The summed E-state index contributed by atoms with van der Waals surface area (Å²) in [5.74, 6) is -0.389. The monoisotopic (exact) mass is 387 g/mol. The Hall–Kier alpha value is -4.26. The smallest absolute Gasteiger partial charge is 0.276 e. The third-order valence-corrected chi connectivity index (χ3v) is 4.03. The summed E-state index contributed by atoms with van der Waals surface area (Å²) in [6.07, 6.45) is 3.19. The molecule has 0 atom stereocenters. The van der Waals surface area contributed by atoms with E-state index in [1.165, 1.54) is 30.3 Å². The molecular formula is C22H17N3O4. The van der Waals surface area contributed by atoms with Gasteiger partial charge in [0.15, 0.2) is 0 Å². The molecule has 3 rings (SSSR count). The molecule has 3 aromatic carbocycles. The Morgan fingerprint density at radius 1 is 0.931 bits per heavy atom. The van der Waals surface area contributed by atoms with Gasteiger partial charge in [0.05, 0.1) is 16.2 Å². The molecule has 0 spiro atoms. The molecule has 0 heterocycles. The fourth-order valence-electron chi connectivity index (χ4n) is 2.56. The molecule has 0 bridgehead atoms. The summed E-state index contributed by atoms with van der Waals surface area (Å²) < 4.78 is 0. The fraction of sp³-hybridized carbons (Fsp3) is 0. The van der Waals surface area contributed by atoms with E-state index in [1.54, 1.807) is 30.4 Å². The van der Waals surface area contributed by atoms with Gasteiger partial charge in [-0.3, -0.25) is 14.9 Å². The van der Waals surface area contributed by atoms with Gasteiger partial charge in [0.1, 0.15) is 5.75 Å². The number of hydrazone groups is 1. The average molecular weight is 387 g/mol. The van der Waals surface area contributed by atoms with Crippen molar-refractivity contribution >= 4 is 23.4 Å². The predicted octanol–water partition coefficient (Wildman–Crippen LogP) is 4.15. The minimum absolute atomic E-state index is 0.0238. The van der Waals surface area contributed by atoms with Gasteiger partial charge in [-0.25, -0.2) is 5.43 Å². The summed E-state index contributed by atoms with van der Waals surface area (Å²) in [6.45, 7) is 0. The molecule has 29 heavy (non-hydrogen) atoms. The second kappa shape index (κ2) is 9.09. The highest BCUT2D eigenvalue weighted by Gasteiger charge is 2.10. The van der Waals surface area contributed by atoms with Crippen molar-refractivity contribution in [3.63, 3.8) is 0 Å². The minimum atomic E-state index is -0.453. The number of nitro groups is 1. The van der Waals surface area contributed by atoms with E-state index in [4.69, 9.17) is 0 Å². The van der Waals surface area contributed by atoms with Crippen molar-refractivity contribution in [3.8, 4) is 5.75 Å². The third-order valence-electron chi connectivity index (χ3n) is 4.03. The van der Waals surface area contributed by atoms with Crippen LogP contribution in [0.1, 0.15) is 21.5 Å². The lowest BCUT2D eigenvalue weighted by Crippen LogP contribution is -2.19. The van der Waals surface area contributed by atoms with Gasteiger partial charge in [-0.2, -0.15) is 5.10 Å². The Morgan fingerprint density at radius 3 is 2.28 bits per heavy atom. The van der Waals surface area contributed by atoms with E-state index in [0.29, 0.717) is 16.8 Å². The molecule has 0 aliphatic rings. The topological polar surface area (TPSA) is 105 Å². The number of amides is 1. The number of nitro benzene ring substituents is 1. The van der Waals surface area contributed by atoms with E-state index in [0.717, 1.165) is 5.56 Å². The van der Waals surface area contributed by atoms with Gasteiger partial charge in [-0.15, -0.1) is 0 Å². The molecule has 0 saturated carbocycles. The second-order valence-corrected chi connectivity index (χ2v) is 6.00. The maximum absolute atomic E-state index is 12.3. The van der Waals surface area contributed by atoms with E-state index in [9.17, 15) is 20.0 Å². The molecule has 0 fully saturated rings. The van der Waals surface area contributed by atoms with Gasteiger partial charge < -0.3 is 5.11 Å². The van der Waals surface area contributed by atoms with Crippen molar-refractivity contribution < 1.29 is 14.8 Å². The maximum Gasteiger partial charge on any atom is 0.276 e. The second-order valence-electron chi connectivity index (χ2n) is 6.00. The number of phenolic OH excluding ortho intramolecular Hbond substituents is 1. The van der Waals surface area contributed by atoms with E-state index in [1.807, 2.05) is 30.3 Å². The number of rotatable bonds is 6. The highest BCUT2D eigenvalue weighted by atomic mass is 16.6. The molecule has 0 radical (unpaired) electrons. The third kappa shape index (κ3) is 5.14. The van der Waals surface area contributed by atoms with E-state index >= 15 is 0 Å². The van der Waals surface area contributed by atoms with Crippen LogP contribution in [-0.2, 0) is 0 Å². The zero-order valence-corrected chi connectivity index (χ0v) is 15.2. The minimum Gasteiger partial charge on any atom is -0.508 e. The summed E-state index contributed by atoms with van der Waals surface area (Å²) in [4.78, 5) is 23.0. The molecule has 0 unspecified atom stereocenters. The summed E-state index contributed by atoms with van der Waals surface area (Å²) in [7, 11) is 0. The quantitative estimate of drug-likeness (QED) is 0.377. The molecule has 1 amide bonds. The van der Waals surface area contributed by atoms with Crippen LogP contribution in [0.4, 0.5) is 5.69 Å². The molecule has 2 N–H and O–H groups in total. The SMILES string of the molecule is O=C(N/N=C(/C=C/c1ccccc1[N+](=O)[O-])c1ccccc1)c1ccc(O)cc1. The van der Waals surface area contributed by atoms with Crippen molar-refractivity contribution in [2.24, 2.45) is 5.10 Å². The number of benzene rings is 3. The van der Waals surface area contributed by atoms with Crippen LogP contribution in [0.2, 0.25) is 0 Å². The first-order valence-electron chi connectivity index (χ1n) is 8.68. The normalized spacial score (nSPS) is 11.4. The Labute approximate surface area is 166 Å². The summed E-state index contributed by atoms with van der Waals surface area (Å²) in [6, 6.07) is 21.3. The molecule has 0 aromatic heterocycles. The first-order valence-corrected chi connectivity index (χ1v) is 8.68. The van der Waals surface area contributed by atoms with Gasteiger partial charge in [0.2, 0.25) is 0 Å². The van der Waals surface area contributed by atoms with Crippen LogP contribution < -0.4 is 5.43 Å². The molecule has 0 aliphatic carbocycles. The largest absolute Gasteiger partial charge is 0.508 e. The molecule has 3 aromatic rings. The van der Waals surface area contributed by atoms with Crippen molar-refractivity contribution in [2.75, 3.05) is 0 Å². The van der Waals surface area contributed by atoms with Crippen LogP contribution in [0.5, 0.6) is 5.75 Å². The average Bonchev–Trinajstić information content (AvgIpc) is 2.75. The van der Waals surface area contributed by atoms with Crippen LogP contribution in [0.15, 0.2) is 90.0 Å². The Balaban J connectivity index is 1.89. The molecule has 7 nitrogen and oxygen atoms in total. The van der Waals surface area contributed by atoms with E-state index in [2.05, 4.69) is 10.5 Å². The van der Waals surface area contributed by atoms with Crippen LogP contribution in [0, 0.1) is 10.1 Å². The standard InChI is InChI=1S/C22H17N3O4/c26-19-13-10-18(11-14-19)22(27)24-23-20(16-6-2-1-3-7-16)15-12-17-8-4-5-9-21(17)25(28)29/h1-15,26H,(H,24,27)/b15-12+,23-20-. The number of phenols is 1. The zero-order valence-electron chi connectivity index (χ0n) is 15.2. The number of carbonyl (C=O) groups is 1. The maximum atomic E-state index is 12.3. The lowest BCUT2D eigenvalue weighted by molar-refractivity contribution is -0.385. The van der Waals surface area contributed by atoms with Crippen LogP contribution in [0.3, 0.4) is 0 Å². The first-order chi connectivity index (χ1) is 14.0. The molecular weight excluding hydrogens is 370 g/mol. The summed E-state index contributed by atoms with van der Waals surface area (Å²) in [5, 5.41) is 24.7. The molecule has 7 heteroatoms. The summed E-state index contributed by atoms with van der Waals surface area (Å²) in [5.41, 5.74) is 4.36. The Kier molecular flexibility index (Phi) is 6.12. The van der Waals surface area contributed by atoms with Gasteiger partial charge in [-0.1, -0.05) is 42.5 Å². The first kappa shape index (κ1) is 19.5. The number of allylic oxidation sites excluding steroid dienone is 1. The van der Waals surface area contributed by atoms with Crippen molar-refractivity contribution in [1.82, 2.24) is 5.43 Å². The zero-order chi connectivity index (χ0) is 20.6. The van der Waals surface area contributed by atoms with Crippen molar-refractivity contribution in [2.45, 2.75) is 0 Å². The van der Waals surface area contributed by atoms with Crippen molar-refractivity contribution in [3.05, 3.63) is 112 Å². The Morgan fingerprint density at radius 2 is 1.59 bits per heavy atom. The number of carbonyl (C=O) groups excluding carboxylic acids is 1. The lowest BCUT2D eigenvalue weighted by atomic mass is 10.1. The lowest BCUT2D eigenvalue weighted by Gasteiger charge is -2.05. The number of para-hydroxylation sites is 1. The Bertz CT molecular complexity index is 1070. The van der Waals surface area contributed by atoms with Gasteiger partial charge in [0.25, 0.3) is 11.6 Å². The fourth-order valence-corrected chi connectivity index (χ4v) is 2.56. The van der Waals surface area contributed by atoms with Crippen LogP contribution >= 0.6 is 0 Å². The number of hydrogen-bond acceptors (Lipinski definition) is 5. The number of aromatic hydroxyl groups is 1. The van der Waals surface area contributed by atoms with Gasteiger partial charge in [0, 0.05) is 17.2 Å². The number of nitrogens with zero attached hydrogens (tertiary/aromatic N) is 2. The predicted molar refractivity (Wildman–Crippen MR) is 111 cm³/mol. The molecule has 0 saturated heterocycles. The number of hydrogen-bond donors (Lipinski definition) is 2. The van der Waals surface area contributed by atoms with Crippen LogP contribution in [-0.4, -0.2) is 21.6 Å². The molecule has 0 aliphatic heterocycles. The van der Waals surface area contributed by atoms with Crippen LogP contribution in [0.25, 0.3) is 6.08 Å². The highest BCUT2D eigenvalue weighted by Crippen LogP contribution is 2.19. The van der Waals surface area contributed by atoms with E-state index < -0.39 is 10.8 Å². The number of nitrogens with one attached hydrogen (secondary N) is 1. The highest BCUT2D eigenvalue weighted by molar-refractivity contribution is 6.11. The van der Waals surface area contributed by atoms with E-state index in [-0.39, 0.29) is 11.4 Å². The van der Waals surface area contributed by atoms with Gasteiger partial charge >= 0.3 is 0 Å².